The Labute approximate surface area is 172 Å². The third-order valence-corrected chi connectivity index (χ3v) is 6.05. The van der Waals surface area contributed by atoms with E-state index in [1.54, 1.807) is 0 Å². The monoisotopic (exact) mass is 375 g/mol. The topological polar surface area (TPSA) is 3.88 Å². The van der Waals surface area contributed by atoms with Gasteiger partial charge in [0.05, 0.1) is 10.9 Å². The van der Waals surface area contributed by atoms with Crippen LogP contribution in [0, 0.1) is 13.8 Å². The molecule has 1 heterocycles. The van der Waals surface area contributed by atoms with Crippen molar-refractivity contribution in [2.24, 2.45) is 7.05 Å². The first-order valence-electron chi connectivity index (χ1n) is 11.1. The van der Waals surface area contributed by atoms with Crippen molar-refractivity contribution in [3.63, 3.8) is 0 Å². The standard InChI is InChI=1S/C27H36N/c1-16(2)21-10-11-23-25(12-21)19(7)15-28(9)27(23)26-14-22(17(3)4)13-24(18(5)6)20(26)8/h10-18H,1-9H3/q+1/i15D. The fraction of sp³-hybridized carbons (Fsp3) is 0.444. The van der Waals surface area contributed by atoms with Crippen LogP contribution in [0.1, 0.15) is 88.5 Å². The van der Waals surface area contributed by atoms with Gasteiger partial charge < -0.3 is 0 Å². The summed E-state index contributed by atoms with van der Waals surface area (Å²) in [7, 11) is 2.04. The van der Waals surface area contributed by atoms with Crippen molar-refractivity contribution in [3.8, 4) is 11.3 Å². The van der Waals surface area contributed by atoms with Gasteiger partial charge in [-0.3, -0.25) is 0 Å². The molecule has 2 aromatic carbocycles. The number of nitrogens with zero attached hydrogens (tertiary/aromatic N) is 1. The molecular weight excluding hydrogens is 338 g/mol. The van der Waals surface area contributed by atoms with Crippen LogP contribution in [0.15, 0.2) is 36.5 Å². The van der Waals surface area contributed by atoms with Crippen molar-refractivity contribution < 1.29 is 5.94 Å². The smallest absolute Gasteiger partial charge is 0.200 e. The van der Waals surface area contributed by atoms with Crippen LogP contribution >= 0.6 is 0 Å². The zero-order valence-corrected chi connectivity index (χ0v) is 19.1. The van der Waals surface area contributed by atoms with Crippen molar-refractivity contribution in [1.29, 1.82) is 0 Å². The van der Waals surface area contributed by atoms with E-state index in [9.17, 15) is 0 Å². The summed E-state index contributed by atoms with van der Waals surface area (Å²) in [4.78, 5) is 0. The lowest BCUT2D eigenvalue weighted by molar-refractivity contribution is -0.659. The molecule has 1 aromatic heterocycles. The van der Waals surface area contributed by atoms with E-state index in [-0.39, 0.29) is 0 Å². The van der Waals surface area contributed by atoms with Gasteiger partial charge in [-0.2, -0.15) is 0 Å². The third kappa shape index (κ3) is 3.60. The van der Waals surface area contributed by atoms with E-state index >= 15 is 0 Å². The van der Waals surface area contributed by atoms with Crippen molar-refractivity contribution in [1.82, 2.24) is 0 Å². The maximum Gasteiger partial charge on any atom is 0.220 e. The van der Waals surface area contributed by atoms with Crippen molar-refractivity contribution in [2.75, 3.05) is 0 Å². The van der Waals surface area contributed by atoms with Gasteiger partial charge in [-0.05, 0) is 71.4 Å². The second kappa shape index (κ2) is 7.70. The Morgan fingerprint density at radius 2 is 1.43 bits per heavy atom. The highest BCUT2D eigenvalue weighted by Crippen LogP contribution is 2.36. The zero-order valence-electron chi connectivity index (χ0n) is 20.1. The van der Waals surface area contributed by atoms with Crippen LogP contribution in [0.4, 0.5) is 0 Å². The molecule has 0 aliphatic carbocycles. The Balaban J connectivity index is 2.47. The number of benzene rings is 2. The number of rotatable bonds is 4. The van der Waals surface area contributed by atoms with Crippen LogP contribution in [-0.2, 0) is 7.05 Å². The van der Waals surface area contributed by atoms with Gasteiger partial charge in [0.2, 0.25) is 5.69 Å². The summed E-state index contributed by atoms with van der Waals surface area (Å²) in [5, 5.41) is 2.44. The number of aromatic nitrogens is 1. The molecule has 28 heavy (non-hydrogen) atoms. The first kappa shape index (κ1) is 19.2. The van der Waals surface area contributed by atoms with E-state index in [0.717, 1.165) is 11.3 Å². The molecule has 0 aliphatic rings. The fourth-order valence-corrected chi connectivity index (χ4v) is 4.25. The second-order valence-corrected chi connectivity index (χ2v) is 9.20. The molecule has 0 aliphatic heterocycles. The maximum atomic E-state index is 8.80. The van der Waals surface area contributed by atoms with Crippen molar-refractivity contribution in [2.45, 2.75) is 73.1 Å². The molecule has 0 bridgehead atoms. The minimum atomic E-state index is 0.469. The molecule has 3 aromatic rings. The quantitative estimate of drug-likeness (QED) is 0.421. The summed E-state index contributed by atoms with van der Waals surface area (Å²) in [6.45, 7) is 17.8. The molecule has 0 N–H and O–H groups in total. The van der Waals surface area contributed by atoms with Gasteiger partial charge in [-0.25, -0.2) is 4.57 Å². The van der Waals surface area contributed by atoms with Crippen LogP contribution in [0.3, 0.4) is 0 Å². The van der Waals surface area contributed by atoms with E-state index < -0.39 is 0 Å². The first-order valence-corrected chi connectivity index (χ1v) is 10.6. The summed E-state index contributed by atoms with van der Waals surface area (Å²) in [6, 6.07) is 11.5. The largest absolute Gasteiger partial charge is 0.220 e. The third-order valence-electron chi connectivity index (χ3n) is 6.05. The molecule has 0 saturated heterocycles. The molecule has 0 amide bonds. The molecule has 1 nitrogen and oxygen atoms in total. The molecular formula is C27H36N+. The minimum absolute atomic E-state index is 0.469. The summed E-state index contributed by atoms with van der Waals surface area (Å²) >= 11 is 0. The highest BCUT2D eigenvalue weighted by molar-refractivity contribution is 5.96. The Hall–Kier alpha value is -2.15. The lowest BCUT2D eigenvalue weighted by Crippen LogP contribution is -2.32. The Bertz CT molecular complexity index is 1070. The molecule has 0 saturated carbocycles. The lowest BCUT2D eigenvalue weighted by Gasteiger charge is -2.19. The Morgan fingerprint density at radius 3 is 2.00 bits per heavy atom. The van der Waals surface area contributed by atoms with Gasteiger partial charge in [0, 0.05) is 5.56 Å². The summed E-state index contributed by atoms with van der Waals surface area (Å²) in [5.74, 6) is 1.42. The van der Waals surface area contributed by atoms with Crippen LogP contribution in [-0.4, -0.2) is 0 Å². The van der Waals surface area contributed by atoms with E-state index in [1.165, 1.54) is 38.6 Å². The number of hydrogen-bond acceptors (Lipinski definition) is 0. The van der Waals surface area contributed by atoms with Gasteiger partial charge in [0.1, 0.15) is 8.42 Å². The molecule has 3 rings (SSSR count). The predicted molar refractivity (Wildman–Crippen MR) is 122 cm³/mol. The van der Waals surface area contributed by atoms with Gasteiger partial charge in [-0.15, -0.1) is 0 Å². The fourth-order valence-electron chi connectivity index (χ4n) is 4.25. The molecule has 0 fully saturated rings. The molecule has 0 atom stereocenters. The Morgan fingerprint density at radius 1 is 0.786 bits per heavy atom. The summed E-state index contributed by atoms with van der Waals surface area (Å²) < 4.78 is 10.9. The van der Waals surface area contributed by atoms with Crippen molar-refractivity contribution >= 4 is 10.8 Å². The highest BCUT2D eigenvalue weighted by atomic mass is 14.9. The molecule has 0 unspecified atom stereocenters. The average Bonchev–Trinajstić information content (AvgIpc) is 2.66. The minimum Gasteiger partial charge on any atom is -0.200 e. The van der Waals surface area contributed by atoms with Crippen LogP contribution in [0.5, 0.6) is 0 Å². The Kier molecular flexibility index (Phi) is 5.27. The molecule has 0 spiro atoms. The number of pyridine rings is 1. The molecule has 1 heteroatoms. The van der Waals surface area contributed by atoms with Crippen LogP contribution < -0.4 is 4.57 Å². The molecule has 0 radical (unpaired) electrons. The summed E-state index contributed by atoms with van der Waals surface area (Å²) in [6.07, 6.45) is 0.592. The van der Waals surface area contributed by atoms with Crippen LogP contribution in [0.2, 0.25) is 0 Å². The SMILES string of the molecule is [2H]c1c(C)c2cc(C(C)C)ccc2c(-c2cc(C(C)C)cc(C(C)C)c2C)[n+]1C. The highest BCUT2D eigenvalue weighted by Gasteiger charge is 2.22. The van der Waals surface area contributed by atoms with Gasteiger partial charge in [0.15, 0.2) is 6.17 Å². The average molecular weight is 376 g/mol. The van der Waals surface area contributed by atoms with Gasteiger partial charge in [0.25, 0.3) is 0 Å². The maximum absolute atomic E-state index is 8.80. The number of fused-ring (bicyclic) bond motifs is 1. The van der Waals surface area contributed by atoms with E-state index in [4.69, 9.17) is 1.37 Å². The number of hydrogen-bond donors (Lipinski definition) is 0. The zero-order chi connectivity index (χ0) is 21.6. The van der Waals surface area contributed by atoms with E-state index in [2.05, 4.69) is 90.3 Å². The van der Waals surface area contributed by atoms with Gasteiger partial charge in [-0.1, -0.05) is 59.7 Å². The number of aryl methyl sites for hydroxylation is 1. The van der Waals surface area contributed by atoms with Crippen molar-refractivity contribution in [3.05, 3.63) is 64.3 Å². The molecule has 148 valence electrons. The van der Waals surface area contributed by atoms with E-state index in [0.29, 0.717) is 23.9 Å². The second-order valence-electron chi connectivity index (χ2n) is 9.20. The first-order chi connectivity index (χ1) is 13.5. The van der Waals surface area contributed by atoms with Crippen LogP contribution in [0.25, 0.3) is 22.0 Å². The lowest BCUT2D eigenvalue weighted by atomic mass is 9.86. The predicted octanol–water partition coefficient (Wildman–Crippen LogP) is 7.32. The normalized spacial score (nSPS) is 12.5. The van der Waals surface area contributed by atoms with E-state index in [1.807, 2.05) is 7.05 Å². The van der Waals surface area contributed by atoms with Gasteiger partial charge >= 0.3 is 0 Å². The summed E-state index contributed by atoms with van der Waals surface area (Å²) in [5.41, 5.74) is 8.91.